The van der Waals surface area contributed by atoms with Crippen LogP contribution in [-0.4, -0.2) is 27.6 Å². The van der Waals surface area contributed by atoms with Crippen LogP contribution in [0, 0.1) is 6.92 Å². The monoisotopic (exact) mass is 195 g/mol. The Labute approximate surface area is 82.4 Å². The molecule has 1 aromatic rings. The third-order valence-electron chi connectivity index (χ3n) is 1.81. The van der Waals surface area contributed by atoms with Crippen molar-refractivity contribution in [3.8, 4) is 0 Å². The average Bonchev–Trinajstić information content (AvgIpc) is 2.56. The van der Waals surface area contributed by atoms with E-state index >= 15 is 0 Å². The highest BCUT2D eigenvalue weighted by molar-refractivity contribution is 5.88. The van der Waals surface area contributed by atoms with E-state index in [1.165, 1.54) is 6.08 Å². The van der Waals surface area contributed by atoms with Gasteiger partial charge in [-0.25, -0.2) is 9.48 Å². The second-order valence-electron chi connectivity index (χ2n) is 2.73. The van der Waals surface area contributed by atoms with Gasteiger partial charge in [0, 0.05) is 6.54 Å². The standard InChI is InChI=1S/C9H13N3O2/c1-4-6-14-9(13)8-7(3)12(5-2)11-10-8/h4H,1,5-6H2,2-3H3. The van der Waals surface area contributed by atoms with Crippen LogP contribution in [0.4, 0.5) is 0 Å². The van der Waals surface area contributed by atoms with Gasteiger partial charge in [0.15, 0.2) is 5.69 Å². The van der Waals surface area contributed by atoms with E-state index in [4.69, 9.17) is 4.74 Å². The Bertz CT molecular complexity index is 344. The van der Waals surface area contributed by atoms with Gasteiger partial charge < -0.3 is 4.74 Å². The van der Waals surface area contributed by atoms with E-state index in [0.717, 1.165) is 5.69 Å². The maximum absolute atomic E-state index is 11.4. The summed E-state index contributed by atoms with van der Waals surface area (Å²) in [4.78, 5) is 11.4. The van der Waals surface area contributed by atoms with Gasteiger partial charge in [0.2, 0.25) is 0 Å². The van der Waals surface area contributed by atoms with Crippen LogP contribution < -0.4 is 0 Å². The predicted octanol–water partition coefficient (Wildman–Crippen LogP) is 0.949. The maximum atomic E-state index is 11.4. The zero-order chi connectivity index (χ0) is 10.6. The van der Waals surface area contributed by atoms with Crippen LogP contribution in [0.25, 0.3) is 0 Å². The number of esters is 1. The fourth-order valence-electron chi connectivity index (χ4n) is 1.05. The van der Waals surface area contributed by atoms with E-state index in [1.54, 1.807) is 11.6 Å². The summed E-state index contributed by atoms with van der Waals surface area (Å²) < 4.78 is 6.49. The Morgan fingerprint density at radius 1 is 1.71 bits per heavy atom. The molecule has 14 heavy (non-hydrogen) atoms. The van der Waals surface area contributed by atoms with Gasteiger partial charge in [-0.05, 0) is 13.8 Å². The van der Waals surface area contributed by atoms with E-state index in [9.17, 15) is 4.79 Å². The Balaban J connectivity index is 2.79. The maximum Gasteiger partial charge on any atom is 0.361 e. The molecule has 0 aromatic carbocycles. The van der Waals surface area contributed by atoms with Gasteiger partial charge in [-0.3, -0.25) is 0 Å². The lowest BCUT2D eigenvalue weighted by molar-refractivity contribution is 0.0542. The number of nitrogens with zero attached hydrogens (tertiary/aromatic N) is 3. The third-order valence-corrected chi connectivity index (χ3v) is 1.81. The lowest BCUT2D eigenvalue weighted by Gasteiger charge is -1.99. The van der Waals surface area contributed by atoms with Gasteiger partial charge in [-0.1, -0.05) is 17.9 Å². The Morgan fingerprint density at radius 2 is 2.43 bits per heavy atom. The van der Waals surface area contributed by atoms with Crippen LogP contribution in [-0.2, 0) is 11.3 Å². The first-order valence-corrected chi connectivity index (χ1v) is 4.38. The highest BCUT2D eigenvalue weighted by Crippen LogP contribution is 2.04. The van der Waals surface area contributed by atoms with Crippen molar-refractivity contribution in [1.82, 2.24) is 15.0 Å². The molecule has 0 fully saturated rings. The van der Waals surface area contributed by atoms with E-state index in [2.05, 4.69) is 16.9 Å². The van der Waals surface area contributed by atoms with Crippen molar-refractivity contribution in [3.63, 3.8) is 0 Å². The Hall–Kier alpha value is -1.65. The molecular formula is C9H13N3O2. The van der Waals surface area contributed by atoms with Crippen molar-refractivity contribution in [3.05, 3.63) is 24.0 Å². The van der Waals surface area contributed by atoms with Crippen LogP contribution in [0.5, 0.6) is 0 Å². The van der Waals surface area contributed by atoms with E-state index in [1.807, 2.05) is 6.92 Å². The van der Waals surface area contributed by atoms with Crippen molar-refractivity contribution in [2.75, 3.05) is 6.61 Å². The second kappa shape index (κ2) is 4.55. The number of hydrogen-bond donors (Lipinski definition) is 0. The third kappa shape index (κ3) is 1.99. The summed E-state index contributed by atoms with van der Waals surface area (Å²) >= 11 is 0. The molecule has 0 radical (unpaired) electrons. The quantitative estimate of drug-likeness (QED) is 0.530. The van der Waals surface area contributed by atoms with Crippen molar-refractivity contribution in [2.24, 2.45) is 0 Å². The summed E-state index contributed by atoms with van der Waals surface area (Å²) in [5.74, 6) is -0.456. The van der Waals surface area contributed by atoms with Crippen molar-refractivity contribution in [2.45, 2.75) is 20.4 Å². The fourth-order valence-corrected chi connectivity index (χ4v) is 1.05. The average molecular weight is 195 g/mol. The molecule has 0 unspecified atom stereocenters. The first-order chi connectivity index (χ1) is 6.70. The summed E-state index contributed by atoms with van der Waals surface area (Å²) in [6, 6.07) is 0. The zero-order valence-corrected chi connectivity index (χ0v) is 8.36. The molecule has 0 atom stereocenters. The first kappa shape index (κ1) is 10.4. The van der Waals surface area contributed by atoms with Crippen molar-refractivity contribution >= 4 is 5.97 Å². The number of carbonyl (C=O) groups is 1. The molecule has 0 saturated carbocycles. The number of aromatic nitrogens is 3. The van der Waals surface area contributed by atoms with Crippen LogP contribution in [0.2, 0.25) is 0 Å². The Morgan fingerprint density at radius 3 is 2.93 bits per heavy atom. The number of aryl methyl sites for hydroxylation is 1. The SMILES string of the molecule is C=CCOC(=O)c1nnn(CC)c1C. The van der Waals surface area contributed by atoms with Crippen LogP contribution in [0.3, 0.4) is 0 Å². The summed E-state index contributed by atoms with van der Waals surface area (Å²) in [7, 11) is 0. The highest BCUT2D eigenvalue weighted by atomic mass is 16.5. The normalized spacial score (nSPS) is 9.86. The molecule has 0 aliphatic rings. The lowest BCUT2D eigenvalue weighted by atomic mass is 10.3. The Kier molecular flexibility index (Phi) is 3.39. The van der Waals surface area contributed by atoms with Gasteiger partial charge in [-0.2, -0.15) is 0 Å². The molecule has 0 amide bonds. The van der Waals surface area contributed by atoms with E-state index in [0.29, 0.717) is 6.54 Å². The molecule has 1 aromatic heterocycles. The summed E-state index contributed by atoms with van der Waals surface area (Å²) in [6.07, 6.45) is 1.51. The molecule has 0 aliphatic heterocycles. The van der Waals surface area contributed by atoms with Crippen LogP contribution in [0.1, 0.15) is 23.1 Å². The molecule has 5 nitrogen and oxygen atoms in total. The van der Waals surface area contributed by atoms with Gasteiger partial charge in [0.25, 0.3) is 0 Å². The van der Waals surface area contributed by atoms with Gasteiger partial charge in [-0.15, -0.1) is 5.10 Å². The number of carbonyl (C=O) groups excluding carboxylic acids is 1. The van der Waals surface area contributed by atoms with Crippen molar-refractivity contribution in [1.29, 1.82) is 0 Å². The van der Waals surface area contributed by atoms with Gasteiger partial charge in [0.05, 0.1) is 5.69 Å². The molecule has 0 spiro atoms. The lowest BCUT2D eigenvalue weighted by Crippen LogP contribution is -2.08. The van der Waals surface area contributed by atoms with Gasteiger partial charge >= 0.3 is 5.97 Å². The van der Waals surface area contributed by atoms with Crippen LogP contribution in [0.15, 0.2) is 12.7 Å². The van der Waals surface area contributed by atoms with Crippen molar-refractivity contribution < 1.29 is 9.53 Å². The minimum absolute atomic E-state index is 0.192. The second-order valence-corrected chi connectivity index (χ2v) is 2.73. The summed E-state index contributed by atoms with van der Waals surface area (Å²) in [5.41, 5.74) is 0.996. The number of hydrogen-bond acceptors (Lipinski definition) is 4. The minimum Gasteiger partial charge on any atom is -0.457 e. The first-order valence-electron chi connectivity index (χ1n) is 4.38. The highest BCUT2D eigenvalue weighted by Gasteiger charge is 2.16. The molecular weight excluding hydrogens is 182 g/mol. The smallest absolute Gasteiger partial charge is 0.361 e. The molecule has 0 N–H and O–H groups in total. The molecule has 0 bridgehead atoms. The van der Waals surface area contributed by atoms with Gasteiger partial charge in [0.1, 0.15) is 6.61 Å². The number of ether oxygens (including phenoxy) is 1. The van der Waals surface area contributed by atoms with E-state index < -0.39 is 5.97 Å². The molecule has 0 aliphatic carbocycles. The molecule has 0 saturated heterocycles. The van der Waals surface area contributed by atoms with Crippen LogP contribution >= 0.6 is 0 Å². The largest absolute Gasteiger partial charge is 0.457 e. The molecule has 76 valence electrons. The summed E-state index contributed by atoms with van der Waals surface area (Å²) in [5, 5.41) is 7.55. The zero-order valence-electron chi connectivity index (χ0n) is 8.36. The molecule has 1 rings (SSSR count). The predicted molar refractivity (Wildman–Crippen MR) is 50.9 cm³/mol. The summed E-state index contributed by atoms with van der Waals surface area (Å²) in [6.45, 7) is 8.05. The number of rotatable bonds is 4. The molecule has 1 heterocycles. The topological polar surface area (TPSA) is 57.0 Å². The minimum atomic E-state index is -0.456. The van der Waals surface area contributed by atoms with E-state index in [-0.39, 0.29) is 12.3 Å². The fraction of sp³-hybridized carbons (Fsp3) is 0.444. The molecule has 5 heteroatoms.